The van der Waals surface area contributed by atoms with Crippen LogP contribution in [0, 0.1) is 11.3 Å². The van der Waals surface area contributed by atoms with Gasteiger partial charge >= 0.3 is 0 Å². The van der Waals surface area contributed by atoms with Crippen molar-refractivity contribution in [3.63, 3.8) is 0 Å². The van der Waals surface area contributed by atoms with E-state index in [9.17, 15) is 5.26 Å². The molecule has 0 aliphatic rings. The molecule has 0 saturated heterocycles. The molecule has 0 atom stereocenters. The van der Waals surface area contributed by atoms with E-state index in [2.05, 4.69) is 32.1 Å². The molecule has 11 nitrogen and oxygen atoms in total. The van der Waals surface area contributed by atoms with Crippen LogP contribution in [-0.4, -0.2) is 49.8 Å². The van der Waals surface area contributed by atoms with E-state index in [1.54, 1.807) is 49.6 Å². The Bertz CT molecular complexity index is 3060. The standard InChI is InChI=1S/C49H29N11/c50-29-42-40-6-2-1-4-38(40)28-41(31-7-11-33(12-8-31)44-55-46(35-15-22-51-23-16-35)58-47(56-44)36-17-24-52-25-18-36)43(42)32-9-13-34(14-10-32)45-57-48(37-19-26-53-27-20-37)60-49(59-45)39-5-3-21-54-30-39/h1-28,30H. The summed E-state index contributed by atoms with van der Waals surface area (Å²) in [5, 5.41) is 12.6. The Balaban J connectivity index is 1.07. The molecular formula is C49H29N11. The fourth-order valence-electron chi connectivity index (χ4n) is 7.10. The molecule has 6 heterocycles. The Kier molecular flexibility index (Phi) is 9.30. The summed E-state index contributed by atoms with van der Waals surface area (Å²) in [7, 11) is 0. The third kappa shape index (κ3) is 6.97. The molecule has 0 saturated carbocycles. The van der Waals surface area contributed by atoms with Crippen LogP contribution in [0.25, 0.3) is 101 Å². The van der Waals surface area contributed by atoms with Crippen LogP contribution in [0.15, 0.2) is 177 Å². The van der Waals surface area contributed by atoms with Crippen LogP contribution in [0.1, 0.15) is 5.56 Å². The van der Waals surface area contributed by atoms with Gasteiger partial charge in [0.1, 0.15) is 6.07 Å². The van der Waals surface area contributed by atoms with Crippen LogP contribution in [0.3, 0.4) is 0 Å². The summed E-state index contributed by atoms with van der Waals surface area (Å²) in [6.45, 7) is 0. The van der Waals surface area contributed by atoms with Crippen LogP contribution in [0.5, 0.6) is 0 Å². The van der Waals surface area contributed by atoms with E-state index in [1.807, 2.05) is 121 Å². The molecule has 4 aromatic carbocycles. The van der Waals surface area contributed by atoms with Crippen LogP contribution < -0.4 is 0 Å². The fraction of sp³-hybridized carbons (Fsp3) is 0. The van der Waals surface area contributed by atoms with Crippen LogP contribution in [0.2, 0.25) is 0 Å². The van der Waals surface area contributed by atoms with Gasteiger partial charge in [0.05, 0.1) is 5.56 Å². The first kappa shape index (κ1) is 35.6. The number of benzene rings is 4. The van der Waals surface area contributed by atoms with Gasteiger partial charge in [-0.05, 0) is 76.7 Å². The number of pyridine rings is 4. The monoisotopic (exact) mass is 771 g/mol. The summed E-state index contributed by atoms with van der Waals surface area (Å²) < 4.78 is 0. The maximum atomic E-state index is 10.8. The van der Waals surface area contributed by atoms with Crippen molar-refractivity contribution >= 4 is 10.8 Å². The van der Waals surface area contributed by atoms with Gasteiger partial charge in [-0.3, -0.25) is 19.9 Å². The van der Waals surface area contributed by atoms with Gasteiger partial charge in [0.2, 0.25) is 0 Å². The van der Waals surface area contributed by atoms with Gasteiger partial charge in [-0.25, -0.2) is 29.9 Å². The van der Waals surface area contributed by atoms with E-state index in [-0.39, 0.29) is 0 Å². The highest BCUT2D eigenvalue weighted by Crippen LogP contribution is 2.40. The molecule has 60 heavy (non-hydrogen) atoms. The lowest BCUT2D eigenvalue weighted by Gasteiger charge is -2.16. The lowest BCUT2D eigenvalue weighted by molar-refractivity contribution is 1.07. The Morgan fingerprint density at radius 3 is 1.22 bits per heavy atom. The smallest absolute Gasteiger partial charge is 0.165 e. The first-order chi connectivity index (χ1) is 29.7. The molecule has 6 aromatic heterocycles. The minimum Gasteiger partial charge on any atom is -0.265 e. The molecule has 11 heteroatoms. The minimum absolute atomic E-state index is 0.509. The maximum Gasteiger partial charge on any atom is 0.165 e. The number of rotatable bonds is 8. The Morgan fingerprint density at radius 1 is 0.350 bits per heavy atom. The average Bonchev–Trinajstić information content (AvgIpc) is 3.34. The number of nitrogens with zero attached hydrogens (tertiary/aromatic N) is 11. The van der Waals surface area contributed by atoms with Gasteiger partial charge in [0.25, 0.3) is 0 Å². The fourth-order valence-corrected chi connectivity index (χ4v) is 7.10. The Labute approximate surface area is 344 Å². The van der Waals surface area contributed by atoms with Gasteiger partial charge in [-0.1, -0.05) is 72.8 Å². The normalized spacial score (nSPS) is 11.0. The summed E-state index contributed by atoms with van der Waals surface area (Å²) in [6, 6.07) is 43.8. The molecule has 0 N–H and O–H groups in total. The highest BCUT2D eigenvalue weighted by atomic mass is 15.0. The van der Waals surface area contributed by atoms with Gasteiger partial charge in [0.15, 0.2) is 34.9 Å². The zero-order chi connectivity index (χ0) is 40.3. The van der Waals surface area contributed by atoms with E-state index < -0.39 is 0 Å². The van der Waals surface area contributed by atoms with E-state index >= 15 is 0 Å². The number of hydrogen-bond acceptors (Lipinski definition) is 11. The molecule has 0 aliphatic carbocycles. The Morgan fingerprint density at radius 2 is 0.767 bits per heavy atom. The van der Waals surface area contributed by atoms with E-state index in [4.69, 9.17) is 29.9 Å². The molecule has 0 bridgehead atoms. The van der Waals surface area contributed by atoms with Crippen molar-refractivity contribution < 1.29 is 0 Å². The quantitative estimate of drug-likeness (QED) is 0.145. The number of fused-ring (bicyclic) bond motifs is 1. The second-order valence-electron chi connectivity index (χ2n) is 13.7. The first-order valence-corrected chi connectivity index (χ1v) is 19.0. The highest BCUT2D eigenvalue weighted by Gasteiger charge is 2.19. The third-order valence-electron chi connectivity index (χ3n) is 10.1. The lowest BCUT2D eigenvalue weighted by Crippen LogP contribution is -2.00. The van der Waals surface area contributed by atoms with Crippen LogP contribution >= 0.6 is 0 Å². The summed E-state index contributed by atoms with van der Waals surface area (Å²) >= 11 is 0. The summed E-state index contributed by atoms with van der Waals surface area (Å²) in [5.41, 5.74) is 8.97. The van der Waals surface area contributed by atoms with E-state index in [0.29, 0.717) is 40.5 Å². The topological polar surface area (TPSA) is 153 Å². The molecule has 0 radical (unpaired) electrons. The molecule has 0 aliphatic heterocycles. The molecule has 0 fully saturated rings. The molecule has 280 valence electrons. The first-order valence-electron chi connectivity index (χ1n) is 19.0. The summed E-state index contributed by atoms with van der Waals surface area (Å²) in [4.78, 5) is 45.9. The van der Waals surface area contributed by atoms with Crippen molar-refractivity contribution in [2.75, 3.05) is 0 Å². The van der Waals surface area contributed by atoms with Crippen LogP contribution in [0.4, 0.5) is 0 Å². The van der Waals surface area contributed by atoms with Gasteiger partial charge in [-0.2, -0.15) is 5.26 Å². The van der Waals surface area contributed by atoms with E-state index in [1.165, 1.54) is 0 Å². The highest BCUT2D eigenvalue weighted by molar-refractivity contribution is 6.02. The van der Waals surface area contributed by atoms with Crippen molar-refractivity contribution in [3.05, 3.63) is 183 Å². The van der Waals surface area contributed by atoms with Gasteiger partial charge in [0, 0.05) is 93.9 Å². The number of aromatic nitrogens is 10. The number of hydrogen-bond donors (Lipinski definition) is 0. The second-order valence-corrected chi connectivity index (χ2v) is 13.7. The molecule has 0 spiro atoms. The maximum absolute atomic E-state index is 10.8. The summed E-state index contributed by atoms with van der Waals surface area (Å²) in [6.07, 6.45) is 13.8. The van der Waals surface area contributed by atoms with Gasteiger partial charge in [-0.15, -0.1) is 0 Å². The average molecular weight is 772 g/mol. The third-order valence-corrected chi connectivity index (χ3v) is 10.1. The van der Waals surface area contributed by atoms with Crippen molar-refractivity contribution in [3.8, 4) is 96.7 Å². The van der Waals surface area contributed by atoms with Crippen LogP contribution in [-0.2, 0) is 0 Å². The van der Waals surface area contributed by atoms with Crippen molar-refractivity contribution in [2.45, 2.75) is 0 Å². The molecule has 0 amide bonds. The number of nitriles is 1. The molecule has 10 aromatic rings. The minimum atomic E-state index is 0.509. The zero-order valence-corrected chi connectivity index (χ0v) is 31.7. The van der Waals surface area contributed by atoms with E-state index in [0.717, 1.165) is 66.4 Å². The lowest BCUT2D eigenvalue weighted by atomic mass is 9.86. The van der Waals surface area contributed by atoms with Crippen molar-refractivity contribution in [1.82, 2.24) is 49.8 Å². The van der Waals surface area contributed by atoms with Crippen molar-refractivity contribution in [1.29, 1.82) is 5.26 Å². The van der Waals surface area contributed by atoms with Gasteiger partial charge < -0.3 is 0 Å². The molecular weight excluding hydrogens is 743 g/mol. The predicted octanol–water partition coefficient (Wildman–Crippen LogP) is 10.00. The SMILES string of the molecule is N#Cc1c(-c2ccc(-c3nc(-c4ccncc4)nc(-c4cccnc4)n3)cc2)c(-c2ccc(-c3nc(-c4ccncc4)nc(-c4ccncc4)n3)cc2)cc2ccccc12. The summed E-state index contributed by atoms with van der Waals surface area (Å²) in [5.74, 6) is 3.15. The Hall–Kier alpha value is -8.75. The molecule has 10 rings (SSSR count). The van der Waals surface area contributed by atoms with Crippen molar-refractivity contribution in [2.24, 2.45) is 0 Å². The largest absolute Gasteiger partial charge is 0.265 e. The molecule has 0 unspecified atom stereocenters. The second kappa shape index (κ2) is 15.7. The zero-order valence-electron chi connectivity index (χ0n) is 31.7. The predicted molar refractivity (Wildman–Crippen MR) is 230 cm³/mol.